The minimum Gasteiger partial charge on any atom is -0.396 e. The number of aliphatic hydroxyl groups is 1. The van der Waals surface area contributed by atoms with Crippen molar-refractivity contribution < 1.29 is 13.9 Å². The van der Waals surface area contributed by atoms with Gasteiger partial charge in [-0.05, 0) is 29.7 Å². The van der Waals surface area contributed by atoms with Gasteiger partial charge in [-0.1, -0.05) is 36.4 Å². The Morgan fingerprint density at radius 2 is 1.72 bits per heavy atom. The molecule has 1 atom stereocenters. The van der Waals surface area contributed by atoms with Gasteiger partial charge in [0.05, 0.1) is 0 Å². The molecule has 3 rings (SSSR count). The van der Waals surface area contributed by atoms with Crippen LogP contribution in [0, 0.1) is 11.6 Å². The van der Waals surface area contributed by atoms with Crippen LogP contribution in [0.3, 0.4) is 0 Å². The first-order valence-corrected chi connectivity index (χ1v) is 8.71. The van der Waals surface area contributed by atoms with Crippen LogP contribution in [0.2, 0.25) is 0 Å². The maximum Gasteiger partial charge on any atom is 0.159 e. The fourth-order valence-electron chi connectivity index (χ4n) is 3.45. The van der Waals surface area contributed by atoms with Gasteiger partial charge in [-0.3, -0.25) is 9.80 Å². The van der Waals surface area contributed by atoms with Gasteiger partial charge in [0, 0.05) is 45.4 Å². The third kappa shape index (κ3) is 4.84. The molecule has 0 amide bonds. The van der Waals surface area contributed by atoms with Crippen molar-refractivity contribution in [3.63, 3.8) is 0 Å². The lowest BCUT2D eigenvalue weighted by molar-refractivity contribution is 0.0499. The second kappa shape index (κ2) is 8.52. The fourth-order valence-corrected chi connectivity index (χ4v) is 3.45. The van der Waals surface area contributed by atoms with E-state index in [4.69, 9.17) is 0 Å². The van der Waals surface area contributed by atoms with Crippen molar-refractivity contribution in [1.29, 1.82) is 0 Å². The smallest absolute Gasteiger partial charge is 0.159 e. The van der Waals surface area contributed by atoms with Crippen LogP contribution in [0.15, 0.2) is 48.5 Å². The minimum atomic E-state index is -0.816. The highest BCUT2D eigenvalue weighted by Crippen LogP contribution is 2.19. The van der Waals surface area contributed by atoms with E-state index in [0.717, 1.165) is 31.7 Å². The van der Waals surface area contributed by atoms with E-state index in [2.05, 4.69) is 21.9 Å². The van der Waals surface area contributed by atoms with E-state index in [1.807, 2.05) is 18.2 Å². The van der Waals surface area contributed by atoms with Crippen LogP contribution < -0.4 is 0 Å². The summed E-state index contributed by atoms with van der Waals surface area (Å²) in [4.78, 5) is 4.64. The largest absolute Gasteiger partial charge is 0.396 e. The summed E-state index contributed by atoms with van der Waals surface area (Å²) >= 11 is 0. The van der Waals surface area contributed by atoms with Gasteiger partial charge < -0.3 is 5.11 Å². The van der Waals surface area contributed by atoms with Crippen LogP contribution in [0.5, 0.6) is 0 Å². The van der Waals surface area contributed by atoms with E-state index in [1.165, 1.54) is 17.7 Å². The normalized spacial score (nSPS) is 19.2. The zero-order valence-corrected chi connectivity index (χ0v) is 14.2. The van der Waals surface area contributed by atoms with Gasteiger partial charge in [-0.15, -0.1) is 0 Å². The number of aliphatic hydroxyl groups excluding tert-OH is 1. The molecule has 1 heterocycles. The van der Waals surface area contributed by atoms with Crippen LogP contribution >= 0.6 is 0 Å². The number of halogens is 2. The summed E-state index contributed by atoms with van der Waals surface area (Å²) < 4.78 is 26.5. The highest BCUT2D eigenvalue weighted by molar-refractivity contribution is 5.18. The molecule has 1 N–H and O–H groups in total. The van der Waals surface area contributed by atoms with Crippen molar-refractivity contribution in [2.45, 2.75) is 25.6 Å². The Morgan fingerprint density at radius 3 is 2.44 bits per heavy atom. The minimum absolute atomic E-state index is 0.123. The molecular weight excluding hydrogens is 322 g/mol. The zero-order chi connectivity index (χ0) is 17.6. The van der Waals surface area contributed by atoms with Crippen LogP contribution in [-0.4, -0.2) is 47.2 Å². The molecule has 2 aromatic carbocycles. The fraction of sp³-hybridized carbons (Fsp3) is 0.400. The van der Waals surface area contributed by atoms with Crippen LogP contribution in [0.4, 0.5) is 8.78 Å². The van der Waals surface area contributed by atoms with Crippen molar-refractivity contribution in [3.8, 4) is 0 Å². The maximum atomic E-state index is 13.4. The summed E-state index contributed by atoms with van der Waals surface area (Å²) in [7, 11) is 0. The predicted molar refractivity (Wildman–Crippen MR) is 94.0 cm³/mol. The van der Waals surface area contributed by atoms with Crippen molar-refractivity contribution >= 4 is 0 Å². The van der Waals surface area contributed by atoms with Gasteiger partial charge in [0.2, 0.25) is 0 Å². The lowest BCUT2D eigenvalue weighted by atomic mass is 10.1. The predicted octanol–water partition coefficient (Wildman–Crippen LogP) is 3.03. The van der Waals surface area contributed by atoms with E-state index in [0.29, 0.717) is 13.0 Å². The molecule has 0 aromatic heterocycles. The van der Waals surface area contributed by atoms with E-state index >= 15 is 0 Å². The SMILES string of the molecule is OCC[C@H]1CN(Cc2ccccc2)CCN1Cc1ccc(F)c(F)c1. The Kier molecular flexibility index (Phi) is 6.13. The molecule has 1 aliphatic heterocycles. The number of hydrogen-bond donors (Lipinski definition) is 1. The number of hydrogen-bond acceptors (Lipinski definition) is 3. The van der Waals surface area contributed by atoms with Gasteiger partial charge in [0.15, 0.2) is 11.6 Å². The van der Waals surface area contributed by atoms with Crippen LogP contribution in [0.25, 0.3) is 0 Å². The molecule has 1 aliphatic rings. The van der Waals surface area contributed by atoms with Crippen LogP contribution in [-0.2, 0) is 13.1 Å². The topological polar surface area (TPSA) is 26.7 Å². The monoisotopic (exact) mass is 346 g/mol. The van der Waals surface area contributed by atoms with Crippen LogP contribution in [0.1, 0.15) is 17.5 Å². The molecule has 1 fully saturated rings. The van der Waals surface area contributed by atoms with Gasteiger partial charge in [0.25, 0.3) is 0 Å². The molecule has 0 saturated carbocycles. The molecule has 25 heavy (non-hydrogen) atoms. The average molecular weight is 346 g/mol. The summed E-state index contributed by atoms with van der Waals surface area (Å²) in [5.74, 6) is -1.62. The highest BCUT2D eigenvalue weighted by Gasteiger charge is 2.26. The highest BCUT2D eigenvalue weighted by atomic mass is 19.2. The summed E-state index contributed by atoms with van der Waals surface area (Å²) in [6.45, 7) is 4.21. The van der Waals surface area contributed by atoms with E-state index in [9.17, 15) is 13.9 Å². The van der Waals surface area contributed by atoms with Crippen molar-refractivity contribution in [3.05, 3.63) is 71.3 Å². The van der Waals surface area contributed by atoms with Gasteiger partial charge in [0.1, 0.15) is 0 Å². The second-order valence-electron chi connectivity index (χ2n) is 6.61. The molecular formula is C20H24F2N2O. The quantitative estimate of drug-likeness (QED) is 0.871. The average Bonchev–Trinajstić information content (AvgIpc) is 2.61. The molecule has 1 saturated heterocycles. The summed E-state index contributed by atoms with van der Waals surface area (Å²) in [5, 5.41) is 9.40. The van der Waals surface area contributed by atoms with Gasteiger partial charge >= 0.3 is 0 Å². The first-order valence-electron chi connectivity index (χ1n) is 8.71. The maximum absolute atomic E-state index is 13.4. The van der Waals surface area contributed by atoms with E-state index < -0.39 is 11.6 Å². The van der Waals surface area contributed by atoms with Crippen molar-refractivity contribution in [1.82, 2.24) is 9.80 Å². The van der Waals surface area contributed by atoms with Crippen molar-refractivity contribution in [2.24, 2.45) is 0 Å². The van der Waals surface area contributed by atoms with E-state index in [1.54, 1.807) is 6.07 Å². The lowest BCUT2D eigenvalue weighted by Gasteiger charge is -2.41. The molecule has 3 nitrogen and oxygen atoms in total. The first-order chi connectivity index (χ1) is 12.2. The molecule has 0 spiro atoms. The molecule has 0 aliphatic carbocycles. The molecule has 5 heteroatoms. The number of rotatable bonds is 6. The Morgan fingerprint density at radius 1 is 0.920 bits per heavy atom. The van der Waals surface area contributed by atoms with Gasteiger partial charge in [-0.2, -0.15) is 0 Å². The zero-order valence-electron chi connectivity index (χ0n) is 14.2. The molecule has 0 unspecified atom stereocenters. The van der Waals surface area contributed by atoms with Gasteiger partial charge in [-0.25, -0.2) is 8.78 Å². The number of benzene rings is 2. The third-order valence-corrected chi connectivity index (χ3v) is 4.77. The lowest BCUT2D eigenvalue weighted by Crippen LogP contribution is -2.52. The third-order valence-electron chi connectivity index (χ3n) is 4.77. The Labute approximate surface area is 147 Å². The molecule has 0 radical (unpaired) electrons. The molecule has 0 bridgehead atoms. The van der Waals surface area contributed by atoms with E-state index in [-0.39, 0.29) is 12.6 Å². The summed E-state index contributed by atoms with van der Waals surface area (Å²) in [6.07, 6.45) is 0.676. The summed E-state index contributed by atoms with van der Waals surface area (Å²) in [6, 6.07) is 14.6. The molecule has 134 valence electrons. The first kappa shape index (κ1) is 18.0. The molecule has 2 aromatic rings. The second-order valence-corrected chi connectivity index (χ2v) is 6.61. The number of nitrogens with zero attached hydrogens (tertiary/aromatic N) is 2. The standard InChI is InChI=1S/C20H24F2N2O/c21-19-7-6-17(12-20(19)22)14-24-10-9-23(15-18(24)8-11-25)13-16-4-2-1-3-5-16/h1-7,12,18,25H,8-11,13-15H2/t18-/m0/s1. The van der Waals surface area contributed by atoms with Crippen molar-refractivity contribution in [2.75, 3.05) is 26.2 Å². The number of piperazine rings is 1. The Bertz CT molecular complexity index is 681. The Balaban J connectivity index is 1.64. The Hall–Kier alpha value is -1.82. The summed E-state index contributed by atoms with van der Waals surface area (Å²) in [5.41, 5.74) is 2.04.